The summed E-state index contributed by atoms with van der Waals surface area (Å²) in [5, 5.41) is 5.93. The van der Waals surface area contributed by atoms with Crippen molar-refractivity contribution in [2.75, 3.05) is 23.3 Å². The molecule has 1 aromatic carbocycles. The Kier molecular flexibility index (Phi) is 9.21. The number of benzene rings is 1. The molecule has 1 aliphatic rings. The second-order valence-electron chi connectivity index (χ2n) is 11.9. The van der Waals surface area contributed by atoms with Gasteiger partial charge in [-0.2, -0.15) is 18.2 Å². The summed E-state index contributed by atoms with van der Waals surface area (Å²) >= 11 is 0. The fourth-order valence-corrected chi connectivity index (χ4v) is 4.79. The van der Waals surface area contributed by atoms with Crippen molar-refractivity contribution in [3.05, 3.63) is 64.2 Å². The molecule has 0 bridgehead atoms. The van der Waals surface area contributed by atoms with Crippen molar-refractivity contribution in [3.8, 4) is 11.1 Å². The van der Waals surface area contributed by atoms with Crippen LogP contribution in [0.1, 0.15) is 69.4 Å². The fourth-order valence-electron chi connectivity index (χ4n) is 4.79. The smallest absolute Gasteiger partial charge is 0.416 e. The molecule has 0 saturated carbocycles. The third kappa shape index (κ3) is 7.85. The Morgan fingerprint density at radius 1 is 1.14 bits per heavy atom. The number of nitrogens with one attached hydrogen (secondary N) is 2. The lowest BCUT2D eigenvalue weighted by atomic mass is 10.0. The van der Waals surface area contributed by atoms with Crippen LogP contribution in [0.3, 0.4) is 0 Å². The number of piperidine rings is 1. The third-order valence-electron chi connectivity index (χ3n) is 6.85. The number of hydrogen-bond donors (Lipinski definition) is 3. The van der Waals surface area contributed by atoms with Gasteiger partial charge in [0.2, 0.25) is 5.95 Å². The van der Waals surface area contributed by atoms with Crippen LogP contribution < -0.4 is 26.8 Å². The highest BCUT2D eigenvalue weighted by molar-refractivity contribution is 5.98. The molecule has 44 heavy (non-hydrogen) atoms. The maximum Gasteiger partial charge on any atom is 0.416 e. The quantitative estimate of drug-likeness (QED) is 0.327. The monoisotopic (exact) mass is 615 g/mol. The normalized spacial score (nSPS) is 15.7. The van der Waals surface area contributed by atoms with Crippen LogP contribution in [-0.4, -0.2) is 51.3 Å². The van der Waals surface area contributed by atoms with Gasteiger partial charge >= 0.3 is 12.3 Å². The van der Waals surface area contributed by atoms with E-state index in [-0.39, 0.29) is 40.5 Å². The number of alkyl carbamates (subject to hydrolysis) is 1. The van der Waals surface area contributed by atoms with Crippen molar-refractivity contribution in [2.24, 2.45) is 5.73 Å². The largest absolute Gasteiger partial charge is 0.444 e. The first-order valence-corrected chi connectivity index (χ1v) is 14.1. The van der Waals surface area contributed by atoms with Crippen molar-refractivity contribution >= 4 is 29.5 Å². The van der Waals surface area contributed by atoms with Gasteiger partial charge in [0, 0.05) is 43.1 Å². The van der Waals surface area contributed by atoms with Crippen molar-refractivity contribution < 1.29 is 27.5 Å². The average molecular weight is 616 g/mol. The Labute approximate surface area is 252 Å². The molecule has 11 nitrogen and oxygen atoms in total. The number of amides is 2. The second-order valence-corrected chi connectivity index (χ2v) is 11.9. The van der Waals surface area contributed by atoms with Gasteiger partial charge in [-0.05, 0) is 71.2 Å². The van der Waals surface area contributed by atoms with Gasteiger partial charge in [-0.15, -0.1) is 0 Å². The van der Waals surface area contributed by atoms with E-state index in [1.165, 1.54) is 35.2 Å². The summed E-state index contributed by atoms with van der Waals surface area (Å²) in [5.41, 5.74) is 4.52. The molecule has 1 saturated heterocycles. The van der Waals surface area contributed by atoms with Crippen LogP contribution >= 0.6 is 0 Å². The molecule has 0 radical (unpaired) electrons. The summed E-state index contributed by atoms with van der Waals surface area (Å²) < 4.78 is 46.2. The molecular weight excluding hydrogens is 579 g/mol. The van der Waals surface area contributed by atoms with E-state index in [9.17, 15) is 27.6 Å². The van der Waals surface area contributed by atoms with Crippen LogP contribution in [0.25, 0.3) is 11.1 Å². The molecule has 4 rings (SSSR count). The van der Waals surface area contributed by atoms with Gasteiger partial charge in [-0.3, -0.25) is 9.59 Å². The predicted octanol–water partition coefficient (Wildman–Crippen LogP) is 5.24. The molecule has 1 aliphatic heterocycles. The summed E-state index contributed by atoms with van der Waals surface area (Å²) in [6.45, 7) is 9.91. The Morgan fingerprint density at radius 3 is 2.41 bits per heavy atom. The number of ether oxygens (including phenoxy) is 1. The Bertz CT molecular complexity index is 1580. The van der Waals surface area contributed by atoms with E-state index in [1.807, 2.05) is 4.90 Å². The molecule has 4 N–H and O–H groups in total. The Balaban J connectivity index is 1.66. The van der Waals surface area contributed by atoms with Gasteiger partial charge in [0.15, 0.2) is 0 Å². The molecule has 0 aliphatic carbocycles. The predicted molar refractivity (Wildman–Crippen MR) is 160 cm³/mol. The van der Waals surface area contributed by atoms with Crippen LogP contribution in [0, 0.1) is 0 Å². The number of primary amides is 1. The van der Waals surface area contributed by atoms with Gasteiger partial charge in [-0.25, -0.2) is 9.78 Å². The Morgan fingerprint density at radius 2 is 1.82 bits per heavy atom. The number of anilines is 3. The van der Waals surface area contributed by atoms with E-state index in [1.54, 1.807) is 34.6 Å². The lowest BCUT2D eigenvalue weighted by Gasteiger charge is -2.33. The number of pyridine rings is 1. The average Bonchev–Trinajstić information content (AvgIpc) is 2.92. The molecule has 14 heteroatoms. The molecule has 1 fully saturated rings. The van der Waals surface area contributed by atoms with Gasteiger partial charge in [0.25, 0.3) is 11.5 Å². The van der Waals surface area contributed by atoms with Crippen molar-refractivity contribution in [2.45, 2.75) is 71.3 Å². The van der Waals surface area contributed by atoms with E-state index >= 15 is 0 Å². The van der Waals surface area contributed by atoms with Crippen LogP contribution in [0.5, 0.6) is 0 Å². The van der Waals surface area contributed by atoms with Crippen LogP contribution in [-0.2, 0) is 10.9 Å². The summed E-state index contributed by atoms with van der Waals surface area (Å²) in [4.78, 5) is 48.7. The molecule has 3 aromatic rings. The van der Waals surface area contributed by atoms with Crippen LogP contribution in [0.2, 0.25) is 0 Å². The number of carbonyl (C=O) groups excluding carboxylic acids is 2. The number of halogens is 3. The fraction of sp³-hybridized carbons (Fsp3) is 0.433. The summed E-state index contributed by atoms with van der Waals surface area (Å²) in [5.74, 6) is -0.423. The van der Waals surface area contributed by atoms with Gasteiger partial charge in [0.05, 0.1) is 11.3 Å². The molecule has 0 spiro atoms. The Hall–Kier alpha value is -4.62. The maximum absolute atomic E-state index is 13.3. The van der Waals surface area contributed by atoms with Crippen LogP contribution in [0.15, 0.2) is 47.5 Å². The first-order chi connectivity index (χ1) is 20.5. The number of hydrogen-bond acceptors (Lipinski definition) is 8. The lowest BCUT2D eigenvalue weighted by molar-refractivity contribution is -0.137. The summed E-state index contributed by atoms with van der Waals surface area (Å²) in [7, 11) is 0. The van der Waals surface area contributed by atoms with Gasteiger partial charge in [0.1, 0.15) is 17.0 Å². The van der Waals surface area contributed by atoms with E-state index < -0.39 is 34.9 Å². The number of aromatic nitrogens is 3. The zero-order valence-electron chi connectivity index (χ0n) is 25.2. The number of rotatable bonds is 7. The zero-order valence-corrected chi connectivity index (χ0v) is 25.2. The van der Waals surface area contributed by atoms with Crippen molar-refractivity contribution in [1.29, 1.82) is 0 Å². The van der Waals surface area contributed by atoms with Crippen molar-refractivity contribution in [3.63, 3.8) is 0 Å². The van der Waals surface area contributed by atoms with E-state index in [4.69, 9.17) is 10.5 Å². The zero-order chi connectivity index (χ0) is 32.4. The maximum atomic E-state index is 13.3. The summed E-state index contributed by atoms with van der Waals surface area (Å²) in [6, 6.07) is 5.28. The first kappa shape index (κ1) is 32.3. The SMILES string of the molecule is CC(C)n1cc(Nc2nc(N3CCC[C@H](NC(=O)OC(C)(C)C)C3)ncc2C(N)=O)cc(-c2ccc(C(F)(F)F)cc2)c1=O. The number of carbonyl (C=O) groups is 2. The number of nitrogens with two attached hydrogens (primary N) is 1. The highest BCUT2D eigenvalue weighted by Crippen LogP contribution is 2.31. The molecule has 0 unspecified atom stereocenters. The number of nitrogens with zero attached hydrogens (tertiary/aromatic N) is 4. The van der Waals surface area contributed by atoms with E-state index in [0.717, 1.165) is 25.0 Å². The molecular formula is C30H36F3N7O4. The van der Waals surface area contributed by atoms with E-state index in [2.05, 4.69) is 20.6 Å². The molecule has 2 aromatic heterocycles. The topological polar surface area (TPSA) is 144 Å². The number of alkyl halides is 3. The minimum Gasteiger partial charge on any atom is -0.444 e. The molecule has 2 amide bonds. The molecule has 3 heterocycles. The minimum atomic E-state index is -4.52. The van der Waals surface area contributed by atoms with Crippen LogP contribution in [0.4, 0.5) is 35.4 Å². The second kappa shape index (κ2) is 12.5. The molecule has 236 valence electrons. The van der Waals surface area contributed by atoms with Gasteiger partial charge < -0.3 is 30.6 Å². The lowest BCUT2D eigenvalue weighted by Crippen LogP contribution is -2.49. The van der Waals surface area contributed by atoms with Gasteiger partial charge in [-0.1, -0.05) is 12.1 Å². The molecule has 1 atom stereocenters. The standard InChI is InChI=1S/C30H36F3N7O4/c1-17(2)40-16-21(13-22(26(40)42)18-8-10-19(11-9-18)30(31,32)33)36-25-23(24(34)41)14-35-27(38-25)39-12-6-7-20(15-39)37-28(43)44-29(3,4)5/h8-11,13-14,16-17,20H,6-7,12,15H2,1-5H3,(H2,34,41)(H,37,43)(H,35,36,38)/t20-/m0/s1. The minimum absolute atomic E-state index is 0.00688. The first-order valence-electron chi connectivity index (χ1n) is 14.1. The van der Waals surface area contributed by atoms with E-state index in [0.29, 0.717) is 18.8 Å². The highest BCUT2D eigenvalue weighted by Gasteiger charge is 2.30. The third-order valence-corrected chi connectivity index (χ3v) is 6.85. The summed E-state index contributed by atoms with van der Waals surface area (Å²) in [6.07, 6.45) is -0.747. The highest BCUT2D eigenvalue weighted by atomic mass is 19.4. The van der Waals surface area contributed by atoms with Crippen molar-refractivity contribution in [1.82, 2.24) is 19.9 Å².